The summed E-state index contributed by atoms with van der Waals surface area (Å²) < 4.78 is 31.3. The van der Waals surface area contributed by atoms with Gasteiger partial charge in [0, 0.05) is 5.56 Å². The maximum absolute atomic E-state index is 13.0. The Morgan fingerprint density at radius 3 is 2.32 bits per heavy atom. The van der Waals surface area contributed by atoms with Gasteiger partial charge in [-0.2, -0.15) is 0 Å². The molecule has 1 amide bonds. The average molecular weight is 461 g/mol. The van der Waals surface area contributed by atoms with E-state index in [4.69, 9.17) is 4.74 Å². The number of amides is 1. The van der Waals surface area contributed by atoms with Gasteiger partial charge in [0.2, 0.25) is 21.1 Å². The Morgan fingerprint density at radius 2 is 1.77 bits per heavy atom. The van der Waals surface area contributed by atoms with Crippen molar-refractivity contribution in [3.8, 4) is 16.3 Å². The van der Waals surface area contributed by atoms with E-state index in [9.17, 15) is 13.2 Å². The summed E-state index contributed by atoms with van der Waals surface area (Å²) in [4.78, 5) is 13.0. The van der Waals surface area contributed by atoms with Crippen LogP contribution in [0.4, 0.5) is 10.8 Å². The number of nitrogens with zero attached hydrogens (tertiary/aromatic N) is 3. The van der Waals surface area contributed by atoms with E-state index in [1.54, 1.807) is 26.2 Å². The number of hydrogen-bond acceptors (Lipinski definition) is 7. The van der Waals surface area contributed by atoms with E-state index in [-0.39, 0.29) is 6.42 Å². The van der Waals surface area contributed by atoms with Crippen molar-refractivity contribution < 1.29 is 17.9 Å². The number of aryl methyl sites for hydroxylation is 1. The smallest absolute Gasteiger partial charge is 0.250 e. The fraction of sp³-hybridized carbons (Fsp3) is 0.286. The highest BCUT2D eigenvalue weighted by molar-refractivity contribution is 7.92. The van der Waals surface area contributed by atoms with Crippen molar-refractivity contribution in [2.24, 2.45) is 0 Å². The van der Waals surface area contributed by atoms with Gasteiger partial charge in [0.1, 0.15) is 16.8 Å². The van der Waals surface area contributed by atoms with Crippen LogP contribution < -0.4 is 14.4 Å². The molecule has 164 valence electrons. The molecular formula is C21H24N4O4S2. The number of methoxy groups -OCH3 is 1. The van der Waals surface area contributed by atoms with E-state index in [2.05, 4.69) is 15.5 Å². The first kappa shape index (κ1) is 22.7. The summed E-state index contributed by atoms with van der Waals surface area (Å²) in [5, 5.41) is 11.8. The molecule has 0 aliphatic carbocycles. The minimum Gasteiger partial charge on any atom is -0.497 e. The van der Waals surface area contributed by atoms with Gasteiger partial charge in [-0.1, -0.05) is 36.0 Å². The van der Waals surface area contributed by atoms with Crippen LogP contribution in [-0.2, 0) is 14.8 Å². The van der Waals surface area contributed by atoms with Gasteiger partial charge in [-0.15, -0.1) is 10.2 Å². The Hall–Kier alpha value is -2.98. The van der Waals surface area contributed by atoms with Crippen LogP contribution in [0, 0.1) is 6.92 Å². The summed E-state index contributed by atoms with van der Waals surface area (Å²) in [6.07, 6.45) is 1.38. The van der Waals surface area contributed by atoms with Crippen LogP contribution in [-0.4, -0.2) is 43.9 Å². The first-order valence-electron chi connectivity index (χ1n) is 9.57. The molecule has 1 atom stereocenters. The molecule has 3 rings (SSSR count). The van der Waals surface area contributed by atoms with E-state index in [0.29, 0.717) is 15.8 Å². The number of nitrogens with one attached hydrogen (secondary N) is 1. The summed E-state index contributed by atoms with van der Waals surface area (Å²) in [5.74, 6) is 0.260. The molecule has 1 aromatic heterocycles. The molecule has 1 heterocycles. The highest BCUT2D eigenvalue weighted by Gasteiger charge is 2.32. The average Bonchev–Trinajstić information content (AvgIpc) is 3.20. The molecule has 2 aromatic carbocycles. The monoisotopic (exact) mass is 460 g/mol. The zero-order valence-corrected chi connectivity index (χ0v) is 19.3. The zero-order valence-electron chi connectivity index (χ0n) is 17.7. The fourth-order valence-electron chi connectivity index (χ4n) is 3.06. The van der Waals surface area contributed by atoms with Crippen molar-refractivity contribution in [2.75, 3.05) is 23.0 Å². The number of hydrogen-bond donors (Lipinski definition) is 1. The molecule has 31 heavy (non-hydrogen) atoms. The molecule has 0 bridgehead atoms. The fourth-order valence-corrected chi connectivity index (χ4v) is 5.03. The molecule has 0 aliphatic heterocycles. The highest BCUT2D eigenvalue weighted by Crippen LogP contribution is 2.29. The molecule has 1 N–H and O–H groups in total. The summed E-state index contributed by atoms with van der Waals surface area (Å²) in [7, 11) is -2.10. The summed E-state index contributed by atoms with van der Waals surface area (Å²) >= 11 is 1.21. The normalized spacial score (nSPS) is 12.3. The molecule has 8 nitrogen and oxygen atoms in total. The second kappa shape index (κ2) is 9.44. The van der Waals surface area contributed by atoms with Gasteiger partial charge in [0.25, 0.3) is 0 Å². The van der Waals surface area contributed by atoms with Crippen LogP contribution in [0.25, 0.3) is 10.6 Å². The molecular weight excluding hydrogens is 436 g/mol. The van der Waals surface area contributed by atoms with Crippen LogP contribution in [0.3, 0.4) is 0 Å². The summed E-state index contributed by atoms with van der Waals surface area (Å²) in [6.45, 7) is 3.67. The molecule has 0 saturated carbocycles. The van der Waals surface area contributed by atoms with Crippen LogP contribution in [0.2, 0.25) is 0 Å². The van der Waals surface area contributed by atoms with Crippen molar-refractivity contribution in [3.63, 3.8) is 0 Å². The highest BCUT2D eigenvalue weighted by atomic mass is 32.2. The third kappa shape index (κ3) is 5.39. The van der Waals surface area contributed by atoms with E-state index in [1.165, 1.54) is 11.3 Å². The summed E-state index contributed by atoms with van der Waals surface area (Å²) in [5.41, 5.74) is 2.27. The lowest BCUT2D eigenvalue weighted by Crippen LogP contribution is -2.47. The lowest BCUT2D eigenvalue weighted by atomic mass is 10.1. The number of ether oxygens (including phenoxy) is 1. The maximum Gasteiger partial charge on any atom is 0.250 e. The lowest BCUT2D eigenvalue weighted by molar-refractivity contribution is -0.117. The second-order valence-corrected chi connectivity index (χ2v) is 9.79. The number of rotatable bonds is 8. The van der Waals surface area contributed by atoms with Crippen LogP contribution in [0.5, 0.6) is 5.75 Å². The van der Waals surface area contributed by atoms with Gasteiger partial charge in [0.15, 0.2) is 0 Å². The quantitative estimate of drug-likeness (QED) is 0.550. The molecule has 0 aliphatic rings. The third-order valence-corrected chi connectivity index (χ3v) is 6.68. The number of benzene rings is 2. The van der Waals surface area contributed by atoms with E-state index < -0.39 is 22.0 Å². The Bertz CT molecular complexity index is 1140. The Morgan fingerprint density at radius 1 is 1.13 bits per heavy atom. The van der Waals surface area contributed by atoms with E-state index in [1.807, 2.05) is 43.3 Å². The maximum atomic E-state index is 13.0. The van der Waals surface area contributed by atoms with E-state index in [0.717, 1.165) is 27.4 Å². The number of anilines is 2. The molecule has 0 fully saturated rings. The predicted octanol–water partition coefficient (Wildman–Crippen LogP) is 3.71. The number of carbonyl (C=O) groups is 1. The Labute approximate surface area is 185 Å². The third-order valence-electron chi connectivity index (χ3n) is 4.61. The standard InChI is InChI=1S/C21H24N4O4S2/c1-5-18(25(31(4,27)28)16-10-6-14(2)7-11-16)19(26)22-21-24-23-20(30-21)15-8-12-17(29-3)13-9-15/h6-13,18H,5H2,1-4H3,(H,22,24,26)/t18-/m1/s1. The van der Waals surface area contributed by atoms with Gasteiger partial charge < -0.3 is 4.74 Å². The van der Waals surface area contributed by atoms with Crippen molar-refractivity contribution >= 4 is 38.1 Å². The van der Waals surface area contributed by atoms with E-state index >= 15 is 0 Å². The minimum absolute atomic E-state index is 0.289. The van der Waals surface area contributed by atoms with Crippen LogP contribution >= 0.6 is 11.3 Å². The zero-order chi connectivity index (χ0) is 22.6. The molecule has 0 saturated heterocycles. The Balaban J connectivity index is 1.82. The van der Waals surface area contributed by atoms with Crippen molar-refractivity contribution in [1.82, 2.24) is 10.2 Å². The minimum atomic E-state index is -3.70. The van der Waals surface area contributed by atoms with Crippen molar-refractivity contribution in [2.45, 2.75) is 26.3 Å². The largest absolute Gasteiger partial charge is 0.497 e. The van der Waals surface area contributed by atoms with Gasteiger partial charge >= 0.3 is 0 Å². The van der Waals surface area contributed by atoms with Crippen LogP contribution in [0.1, 0.15) is 18.9 Å². The van der Waals surface area contributed by atoms with Crippen LogP contribution in [0.15, 0.2) is 48.5 Å². The molecule has 0 unspecified atom stereocenters. The van der Waals surface area contributed by atoms with Gasteiger partial charge in [-0.25, -0.2) is 8.42 Å². The summed E-state index contributed by atoms with van der Waals surface area (Å²) in [6, 6.07) is 13.4. The van der Waals surface area contributed by atoms with Gasteiger partial charge in [0.05, 0.1) is 19.1 Å². The second-order valence-electron chi connectivity index (χ2n) is 6.95. The van der Waals surface area contributed by atoms with Crippen molar-refractivity contribution in [1.29, 1.82) is 0 Å². The Kier molecular flexibility index (Phi) is 6.91. The number of aromatic nitrogens is 2. The van der Waals surface area contributed by atoms with Gasteiger partial charge in [-0.05, 0) is 49.7 Å². The SMILES string of the molecule is CC[C@H](C(=O)Nc1nnc(-c2ccc(OC)cc2)s1)N(c1ccc(C)cc1)S(C)(=O)=O. The first-order chi connectivity index (χ1) is 14.7. The van der Waals surface area contributed by atoms with Gasteiger partial charge in [-0.3, -0.25) is 14.4 Å². The number of carbonyl (C=O) groups excluding carboxylic acids is 1. The topological polar surface area (TPSA) is 101 Å². The molecule has 3 aromatic rings. The number of sulfonamides is 1. The first-order valence-corrected chi connectivity index (χ1v) is 12.2. The molecule has 10 heteroatoms. The van der Waals surface area contributed by atoms with Crippen molar-refractivity contribution in [3.05, 3.63) is 54.1 Å². The molecule has 0 spiro atoms. The molecule has 0 radical (unpaired) electrons. The lowest BCUT2D eigenvalue weighted by Gasteiger charge is -2.29. The predicted molar refractivity (Wildman–Crippen MR) is 123 cm³/mol.